The highest BCUT2D eigenvalue weighted by molar-refractivity contribution is 5.57. The fourth-order valence-electron chi connectivity index (χ4n) is 1.57. The molecule has 18 heavy (non-hydrogen) atoms. The lowest BCUT2D eigenvalue weighted by Crippen LogP contribution is -2.20. The van der Waals surface area contributed by atoms with Crippen molar-refractivity contribution in [2.75, 3.05) is 23.7 Å². The second-order valence-corrected chi connectivity index (χ2v) is 4.46. The van der Waals surface area contributed by atoms with Gasteiger partial charge < -0.3 is 15.7 Å². The van der Waals surface area contributed by atoms with Crippen molar-refractivity contribution in [3.63, 3.8) is 0 Å². The molecule has 0 fully saturated rings. The number of aromatic nitrogens is 2. The van der Waals surface area contributed by atoms with Gasteiger partial charge in [-0.2, -0.15) is 0 Å². The molecule has 1 aromatic rings. The Balaban J connectivity index is 2.80. The molecule has 0 amide bonds. The average Bonchev–Trinajstić information content (AvgIpc) is 2.37. The van der Waals surface area contributed by atoms with Crippen molar-refractivity contribution in [2.45, 2.75) is 46.6 Å². The normalized spacial score (nSPS) is 12.3. The van der Waals surface area contributed by atoms with E-state index >= 15 is 0 Å². The summed E-state index contributed by atoms with van der Waals surface area (Å²) in [4.78, 5) is 8.77. The minimum atomic E-state index is -0.341. The summed E-state index contributed by atoms with van der Waals surface area (Å²) in [6.45, 7) is 9.34. The summed E-state index contributed by atoms with van der Waals surface area (Å²) in [5.74, 6) is 2.40. The molecule has 1 rings (SSSR count). The Bertz CT molecular complexity index is 381. The SMILES string of the molecule is CCCNc1nc(C)nc(NCC(O)CC)c1C. The van der Waals surface area contributed by atoms with Gasteiger partial charge in [0.15, 0.2) is 0 Å². The zero-order chi connectivity index (χ0) is 13.5. The molecule has 1 aromatic heterocycles. The Kier molecular flexibility index (Phi) is 5.85. The second kappa shape index (κ2) is 7.16. The van der Waals surface area contributed by atoms with Crippen molar-refractivity contribution < 1.29 is 5.11 Å². The monoisotopic (exact) mass is 252 g/mol. The molecule has 0 bridgehead atoms. The van der Waals surface area contributed by atoms with Gasteiger partial charge in [-0.25, -0.2) is 9.97 Å². The Morgan fingerprint density at radius 3 is 2.28 bits per heavy atom. The van der Waals surface area contributed by atoms with Gasteiger partial charge in [0.2, 0.25) is 0 Å². The minimum absolute atomic E-state index is 0.341. The van der Waals surface area contributed by atoms with Crippen LogP contribution in [0.3, 0.4) is 0 Å². The zero-order valence-corrected chi connectivity index (χ0v) is 11.7. The lowest BCUT2D eigenvalue weighted by Gasteiger charge is -2.15. The van der Waals surface area contributed by atoms with Crippen LogP contribution >= 0.6 is 0 Å². The number of aliphatic hydroxyl groups is 1. The highest BCUT2D eigenvalue weighted by Crippen LogP contribution is 2.19. The van der Waals surface area contributed by atoms with E-state index in [4.69, 9.17) is 0 Å². The highest BCUT2D eigenvalue weighted by atomic mass is 16.3. The molecule has 0 aromatic carbocycles. The first-order valence-corrected chi connectivity index (χ1v) is 6.59. The predicted molar refractivity (Wildman–Crippen MR) is 75.1 cm³/mol. The Hall–Kier alpha value is -1.36. The fraction of sp³-hybridized carbons (Fsp3) is 0.692. The number of anilines is 2. The third kappa shape index (κ3) is 4.14. The maximum Gasteiger partial charge on any atom is 0.134 e. The second-order valence-electron chi connectivity index (χ2n) is 4.46. The molecule has 0 saturated carbocycles. The number of aliphatic hydroxyl groups excluding tert-OH is 1. The van der Waals surface area contributed by atoms with E-state index < -0.39 is 0 Å². The van der Waals surface area contributed by atoms with E-state index in [-0.39, 0.29) is 6.10 Å². The van der Waals surface area contributed by atoms with E-state index in [9.17, 15) is 5.11 Å². The van der Waals surface area contributed by atoms with Gasteiger partial charge in [0.25, 0.3) is 0 Å². The van der Waals surface area contributed by atoms with Crippen LogP contribution in [0.4, 0.5) is 11.6 Å². The number of hydrogen-bond donors (Lipinski definition) is 3. The van der Waals surface area contributed by atoms with Crippen LogP contribution in [-0.2, 0) is 0 Å². The first-order valence-electron chi connectivity index (χ1n) is 6.59. The molecule has 5 heteroatoms. The van der Waals surface area contributed by atoms with Crippen LogP contribution in [0.2, 0.25) is 0 Å². The van der Waals surface area contributed by atoms with Gasteiger partial charge in [0.1, 0.15) is 17.5 Å². The number of aryl methyl sites for hydroxylation is 1. The first-order chi connectivity index (χ1) is 8.58. The van der Waals surface area contributed by atoms with Gasteiger partial charge in [-0.1, -0.05) is 13.8 Å². The van der Waals surface area contributed by atoms with Crippen LogP contribution in [0.15, 0.2) is 0 Å². The number of hydrogen-bond acceptors (Lipinski definition) is 5. The molecule has 0 spiro atoms. The molecule has 5 nitrogen and oxygen atoms in total. The van der Waals surface area contributed by atoms with Crippen molar-refractivity contribution in [1.29, 1.82) is 0 Å². The van der Waals surface area contributed by atoms with Gasteiger partial charge in [-0.3, -0.25) is 0 Å². The lowest BCUT2D eigenvalue weighted by molar-refractivity contribution is 0.183. The highest BCUT2D eigenvalue weighted by Gasteiger charge is 2.09. The predicted octanol–water partition coefficient (Wildman–Crippen LogP) is 2.10. The molecule has 0 aliphatic rings. The summed E-state index contributed by atoms with van der Waals surface area (Å²) in [5.41, 5.74) is 0.998. The van der Waals surface area contributed by atoms with Crippen LogP contribution in [0.5, 0.6) is 0 Å². The fourth-order valence-corrected chi connectivity index (χ4v) is 1.57. The van der Waals surface area contributed by atoms with E-state index in [0.29, 0.717) is 6.54 Å². The van der Waals surface area contributed by atoms with Crippen LogP contribution in [0, 0.1) is 13.8 Å². The number of nitrogens with one attached hydrogen (secondary N) is 2. The summed E-state index contributed by atoms with van der Waals surface area (Å²) in [7, 11) is 0. The number of nitrogens with zero attached hydrogens (tertiary/aromatic N) is 2. The van der Waals surface area contributed by atoms with Gasteiger partial charge in [-0.05, 0) is 26.7 Å². The summed E-state index contributed by atoms with van der Waals surface area (Å²) >= 11 is 0. The molecule has 3 N–H and O–H groups in total. The maximum atomic E-state index is 9.57. The van der Waals surface area contributed by atoms with E-state index in [1.165, 1.54) is 0 Å². The molecular weight excluding hydrogens is 228 g/mol. The molecule has 1 heterocycles. The van der Waals surface area contributed by atoms with E-state index in [1.54, 1.807) is 0 Å². The Labute approximate surface area is 109 Å². The quantitative estimate of drug-likeness (QED) is 0.693. The molecule has 1 unspecified atom stereocenters. The molecule has 0 saturated heterocycles. The first kappa shape index (κ1) is 14.7. The van der Waals surface area contributed by atoms with Crippen molar-refractivity contribution >= 4 is 11.6 Å². The Morgan fingerprint density at radius 1 is 1.11 bits per heavy atom. The Morgan fingerprint density at radius 2 is 1.72 bits per heavy atom. The molecule has 0 radical (unpaired) electrons. The summed E-state index contributed by atoms with van der Waals surface area (Å²) in [6, 6.07) is 0. The molecular formula is C13H24N4O. The van der Waals surface area contributed by atoms with Crippen LogP contribution in [-0.4, -0.2) is 34.3 Å². The van der Waals surface area contributed by atoms with Gasteiger partial charge in [0.05, 0.1) is 6.10 Å². The third-order valence-electron chi connectivity index (χ3n) is 2.78. The van der Waals surface area contributed by atoms with Crippen LogP contribution in [0.25, 0.3) is 0 Å². The smallest absolute Gasteiger partial charge is 0.134 e. The largest absolute Gasteiger partial charge is 0.391 e. The third-order valence-corrected chi connectivity index (χ3v) is 2.78. The summed E-state index contributed by atoms with van der Waals surface area (Å²) in [5, 5.41) is 16.0. The van der Waals surface area contributed by atoms with E-state index in [2.05, 4.69) is 27.5 Å². The molecule has 0 aliphatic heterocycles. The minimum Gasteiger partial charge on any atom is -0.391 e. The van der Waals surface area contributed by atoms with Crippen LogP contribution < -0.4 is 10.6 Å². The standard InChI is InChI=1S/C13H24N4O/c1-5-7-14-12-9(3)13(17-10(4)16-12)15-8-11(18)6-2/h11,18H,5-8H2,1-4H3,(H2,14,15,16,17). The average molecular weight is 252 g/mol. The van der Waals surface area contributed by atoms with Crippen molar-refractivity contribution in [2.24, 2.45) is 0 Å². The maximum absolute atomic E-state index is 9.57. The van der Waals surface area contributed by atoms with Crippen LogP contribution in [0.1, 0.15) is 38.1 Å². The van der Waals surface area contributed by atoms with Crippen molar-refractivity contribution in [3.05, 3.63) is 11.4 Å². The zero-order valence-electron chi connectivity index (χ0n) is 11.7. The summed E-state index contributed by atoms with van der Waals surface area (Å²) < 4.78 is 0. The van der Waals surface area contributed by atoms with Gasteiger partial charge >= 0.3 is 0 Å². The lowest BCUT2D eigenvalue weighted by atomic mass is 10.2. The molecule has 0 aliphatic carbocycles. The van der Waals surface area contributed by atoms with E-state index in [1.807, 2.05) is 20.8 Å². The van der Waals surface area contributed by atoms with Crippen molar-refractivity contribution in [1.82, 2.24) is 9.97 Å². The summed E-state index contributed by atoms with van der Waals surface area (Å²) in [6.07, 6.45) is 1.45. The van der Waals surface area contributed by atoms with Crippen molar-refractivity contribution in [3.8, 4) is 0 Å². The number of rotatable bonds is 7. The van der Waals surface area contributed by atoms with Gasteiger partial charge in [0, 0.05) is 18.7 Å². The van der Waals surface area contributed by atoms with E-state index in [0.717, 1.165) is 42.4 Å². The molecule has 1 atom stereocenters. The van der Waals surface area contributed by atoms with Gasteiger partial charge in [-0.15, -0.1) is 0 Å². The molecule has 102 valence electrons. The topological polar surface area (TPSA) is 70.1 Å².